The van der Waals surface area contributed by atoms with Crippen molar-refractivity contribution in [3.05, 3.63) is 136 Å². The van der Waals surface area contributed by atoms with Crippen LogP contribution in [0.25, 0.3) is 0 Å². The number of likely N-dealkylation sites (tertiary alicyclic amines) is 2. The molecule has 3 heterocycles. The zero-order chi connectivity index (χ0) is 39.6. The first kappa shape index (κ1) is 37.1. The number of imide groups is 2. The minimum atomic E-state index is -1.46. The normalized spacial score (nSPS) is 27.6. The van der Waals surface area contributed by atoms with Gasteiger partial charge < -0.3 is 9.84 Å². The van der Waals surface area contributed by atoms with Crippen LogP contribution >= 0.6 is 11.6 Å². The van der Waals surface area contributed by atoms with Crippen LogP contribution in [0.2, 0.25) is 5.02 Å². The van der Waals surface area contributed by atoms with Gasteiger partial charge in [0.15, 0.2) is 11.5 Å². The average molecular weight is 785 g/mol. The van der Waals surface area contributed by atoms with Gasteiger partial charge in [0, 0.05) is 31.6 Å². The quantitative estimate of drug-likeness (QED) is 0.145. The van der Waals surface area contributed by atoms with E-state index in [1.807, 2.05) is 85.8 Å². The van der Waals surface area contributed by atoms with Gasteiger partial charge in [0.25, 0.3) is 11.8 Å². The topological polar surface area (TPSA) is 119 Å². The van der Waals surface area contributed by atoms with Gasteiger partial charge in [-0.2, -0.15) is 5.01 Å². The van der Waals surface area contributed by atoms with Crippen LogP contribution in [0.15, 0.2) is 109 Å². The van der Waals surface area contributed by atoms with E-state index in [-0.39, 0.29) is 40.8 Å². The van der Waals surface area contributed by atoms with Crippen LogP contribution in [0.4, 0.5) is 5.69 Å². The number of ether oxygens (including phenoxy) is 1. The van der Waals surface area contributed by atoms with E-state index in [9.17, 15) is 19.5 Å². The monoisotopic (exact) mass is 784 g/mol. The number of rotatable bonds is 8. The van der Waals surface area contributed by atoms with Crippen molar-refractivity contribution in [1.82, 2.24) is 14.8 Å². The lowest BCUT2D eigenvalue weighted by molar-refractivity contribution is -0.144. The predicted molar refractivity (Wildman–Crippen MR) is 215 cm³/mol. The predicted octanol–water partition coefficient (Wildman–Crippen LogP) is 7.01. The number of methoxy groups -OCH3 is 1. The van der Waals surface area contributed by atoms with Crippen LogP contribution in [0.3, 0.4) is 0 Å². The maximum Gasteiger partial charge on any atom is 0.260 e. The molecular formula is C46H45ClN4O6. The van der Waals surface area contributed by atoms with Crippen LogP contribution in [0.5, 0.6) is 11.5 Å². The largest absolute Gasteiger partial charge is 0.503 e. The van der Waals surface area contributed by atoms with Crippen LogP contribution in [-0.2, 0) is 31.1 Å². The number of allylic oxidation sites excluding steroid dienone is 2. The van der Waals surface area contributed by atoms with E-state index in [1.165, 1.54) is 12.7 Å². The van der Waals surface area contributed by atoms with E-state index in [0.717, 1.165) is 35.8 Å². The molecule has 57 heavy (non-hydrogen) atoms. The van der Waals surface area contributed by atoms with Gasteiger partial charge in [-0.1, -0.05) is 102 Å². The number of hydrogen-bond acceptors (Lipinski definition) is 8. The molecule has 0 aromatic heterocycles. The highest BCUT2D eigenvalue weighted by Crippen LogP contribution is 2.64. The Morgan fingerprint density at radius 1 is 0.860 bits per heavy atom. The van der Waals surface area contributed by atoms with E-state index < -0.39 is 46.8 Å². The van der Waals surface area contributed by atoms with Gasteiger partial charge in [-0.05, 0) is 79.5 Å². The highest BCUT2D eigenvalue weighted by atomic mass is 35.5. The van der Waals surface area contributed by atoms with Gasteiger partial charge in [0.2, 0.25) is 11.8 Å². The standard InChI is InChI=1S/C46H45ClN4O6/c1-27-13-15-31(16-14-27)48-51-43(54)36-25-35-33(40(29-23-37(47)41(52)38(24-29)57-2)46(36,45(51)56)30-11-7-4-8-12-30)17-18-34-39(35)44(55)50(42(34)53)32-19-21-49(22-20-32)26-28-9-5-3-6-10-28/h3-17,23-24,32,34-36,39-40,48,52H,18-22,25-26H2,1-2H3. The summed E-state index contributed by atoms with van der Waals surface area (Å²) in [5.74, 6) is -4.77. The Morgan fingerprint density at radius 3 is 2.23 bits per heavy atom. The number of anilines is 1. The maximum atomic E-state index is 15.4. The minimum Gasteiger partial charge on any atom is -0.503 e. The second-order valence-electron chi connectivity index (χ2n) is 16.2. The fraction of sp³-hybridized carbons (Fsp3) is 0.348. The molecule has 2 N–H and O–H groups in total. The third-order valence-corrected chi connectivity index (χ3v) is 13.5. The van der Waals surface area contributed by atoms with Crippen LogP contribution < -0.4 is 10.2 Å². The van der Waals surface area contributed by atoms with E-state index in [0.29, 0.717) is 36.1 Å². The molecule has 1 saturated carbocycles. The molecule has 3 saturated heterocycles. The van der Waals surface area contributed by atoms with Crippen molar-refractivity contribution in [2.75, 3.05) is 25.6 Å². The Labute approximate surface area is 337 Å². The fourth-order valence-corrected chi connectivity index (χ4v) is 10.8. The summed E-state index contributed by atoms with van der Waals surface area (Å²) in [5, 5.41) is 12.0. The molecule has 4 fully saturated rings. The Bertz CT molecular complexity index is 2280. The van der Waals surface area contributed by atoms with Gasteiger partial charge in [0.1, 0.15) is 0 Å². The molecule has 3 aliphatic heterocycles. The first-order valence-corrected chi connectivity index (χ1v) is 20.2. The summed E-state index contributed by atoms with van der Waals surface area (Å²) >= 11 is 6.70. The van der Waals surface area contributed by atoms with Crippen LogP contribution in [0, 0.1) is 30.6 Å². The molecule has 0 radical (unpaired) electrons. The first-order chi connectivity index (χ1) is 27.6. The third kappa shape index (κ3) is 5.95. The van der Waals surface area contributed by atoms with E-state index >= 15 is 4.79 Å². The van der Waals surface area contributed by atoms with Crippen molar-refractivity contribution >= 4 is 40.9 Å². The number of aryl methyl sites for hydroxylation is 1. The number of halogens is 1. The zero-order valence-corrected chi connectivity index (χ0v) is 32.7. The number of aromatic hydroxyl groups is 1. The smallest absolute Gasteiger partial charge is 0.260 e. The molecule has 4 aromatic carbocycles. The van der Waals surface area contributed by atoms with Crippen molar-refractivity contribution in [3.63, 3.8) is 0 Å². The number of piperidine rings is 1. The fourth-order valence-electron chi connectivity index (χ4n) is 10.6. The van der Waals surface area contributed by atoms with Crippen LogP contribution in [0.1, 0.15) is 53.9 Å². The number of phenolic OH excluding ortho intramolecular Hbond substituents is 1. The summed E-state index contributed by atoms with van der Waals surface area (Å²) in [7, 11) is 1.43. The highest BCUT2D eigenvalue weighted by Gasteiger charge is 2.70. The molecule has 5 aliphatic rings. The molecule has 6 atom stereocenters. The maximum absolute atomic E-state index is 15.4. The minimum absolute atomic E-state index is 0.0313. The molecule has 4 aromatic rings. The lowest BCUT2D eigenvalue weighted by Gasteiger charge is -2.50. The molecule has 9 rings (SSSR count). The molecule has 0 bridgehead atoms. The Kier molecular flexibility index (Phi) is 9.44. The molecule has 11 heteroatoms. The van der Waals surface area contributed by atoms with Crippen molar-refractivity contribution in [1.29, 1.82) is 0 Å². The van der Waals surface area contributed by atoms with Gasteiger partial charge in [-0.3, -0.25) is 34.4 Å². The summed E-state index contributed by atoms with van der Waals surface area (Å²) in [5.41, 5.74) is 6.54. The first-order valence-electron chi connectivity index (χ1n) is 19.8. The Balaban J connectivity index is 1.12. The number of nitrogens with zero attached hydrogens (tertiary/aromatic N) is 3. The zero-order valence-electron chi connectivity index (χ0n) is 31.9. The van der Waals surface area contributed by atoms with Crippen molar-refractivity contribution in [3.8, 4) is 11.5 Å². The number of hydrogen-bond donors (Lipinski definition) is 2. The van der Waals surface area contributed by atoms with Gasteiger partial charge >= 0.3 is 0 Å². The van der Waals surface area contributed by atoms with Crippen LogP contribution in [-0.4, -0.2) is 69.8 Å². The van der Waals surface area contributed by atoms with Crippen molar-refractivity contribution in [2.45, 2.75) is 56.5 Å². The van der Waals surface area contributed by atoms with Crippen molar-refractivity contribution in [2.24, 2.45) is 23.7 Å². The highest BCUT2D eigenvalue weighted by molar-refractivity contribution is 6.32. The van der Waals surface area contributed by atoms with E-state index in [4.69, 9.17) is 16.3 Å². The molecule has 10 nitrogen and oxygen atoms in total. The Hall–Kier alpha value is -5.45. The number of phenols is 1. The number of carbonyl (C=O) groups excluding carboxylic acids is 4. The number of nitrogens with one attached hydrogen (secondary N) is 1. The van der Waals surface area contributed by atoms with E-state index in [1.54, 1.807) is 17.0 Å². The summed E-state index contributed by atoms with van der Waals surface area (Å²) in [6, 6.07) is 30.2. The molecule has 6 unspecified atom stereocenters. The number of fused-ring (bicyclic) bond motifs is 4. The molecular weight excluding hydrogens is 740 g/mol. The van der Waals surface area contributed by atoms with Crippen molar-refractivity contribution < 1.29 is 29.0 Å². The summed E-state index contributed by atoms with van der Waals surface area (Å²) < 4.78 is 5.59. The van der Waals surface area contributed by atoms with E-state index in [2.05, 4.69) is 22.5 Å². The summed E-state index contributed by atoms with van der Waals surface area (Å²) in [4.78, 5) is 63.6. The third-order valence-electron chi connectivity index (χ3n) is 13.2. The average Bonchev–Trinajstić information content (AvgIpc) is 3.61. The number of hydrazine groups is 1. The molecule has 2 aliphatic carbocycles. The molecule has 292 valence electrons. The lowest BCUT2D eigenvalue weighted by atomic mass is 9.49. The second-order valence-corrected chi connectivity index (χ2v) is 16.6. The summed E-state index contributed by atoms with van der Waals surface area (Å²) in [6.07, 6.45) is 3.94. The second kappa shape index (κ2) is 14.5. The van der Waals surface area contributed by atoms with Gasteiger partial charge in [-0.25, -0.2) is 0 Å². The number of amides is 4. The number of benzene rings is 4. The number of carbonyl (C=O) groups is 4. The van der Waals surface area contributed by atoms with Gasteiger partial charge in [-0.15, -0.1) is 0 Å². The lowest BCUT2D eigenvalue weighted by Crippen LogP contribution is -2.53. The summed E-state index contributed by atoms with van der Waals surface area (Å²) in [6.45, 7) is 4.32. The molecule has 0 spiro atoms. The Morgan fingerprint density at radius 2 is 1.54 bits per heavy atom. The SMILES string of the molecule is COc1cc(C2C3=CCC4C(=O)N(C5CCN(Cc6ccccc6)CC5)C(=O)C4C3CC3C(=O)N(Nc4ccc(C)cc4)C(=O)C32c2ccccc2)cc(Cl)c1O. The molecule has 4 amide bonds. The van der Waals surface area contributed by atoms with Gasteiger partial charge in [0.05, 0.1) is 41.0 Å².